The first-order valence-corrected chi connectivity index (χ1v) is 6.53. The van der Waals surface area contributed by atoms with Crippen molar-refractivity contribution in [2.45, 2.75) is 13.0 Å². The van der Waals surface area contributed by atoms with Crippen molar-refractivity contribution in [2.75, 3.05) is 31.5 Å². The summed E-state index contributed by atoms with van der Waals surface area (Å²) in [6.07, 6.45) is 0. The second kappa shape index (κ2) is 6.18. The Morgan fingerprint density at radius 3 is 3.17 bits per heavy atom. The van der Waals surface area contributed by atoms with Gasteiger partial charge in [-0.2, -0.15) is 0 Å². The first-order valence-electron chi connectivity index (χ1n) is 6.15. The second-order valence-electron chi connectivity index (χ2n) is 4.58. The van der Waals surface area contributed by atoms with E-state index in [1.165, 1.54) is 0 Å². The van der Waals surface area contributed by atoms with Crippen molar-refractivity contribution >= 4 is 23.2 Å². The van der Waals surface area contributed by atoms with Crippen LogP contribution in [0.3, 0.4) is 0 Å². The fraction of sp³-hybridized carbons (Fsp3) is 0.462. The third kappa shape index (κ3) is 3.70. The minimum absolute atomic E-state index is 0.00557. The Balaban J connectivity index is 1.88. The number of carbonyl (C=O) groups is 1. The molecule has 1 saturated heterocycles. The number of nitrogens with zero attached hydrogens (tertiary/aromatic N) is 1. The van der Waals surface area contributed by atoms with E-state index in [1.54, 1.807) is 12.1 Å². The molecule has 1 amide bonds. The van der Waals surface area contributed by atoms with Crippen LogP contribution in [0.1, 0.15) is 6.92 Å². The van der Waals surface area contributed by atoms with Crippen LogP contribution in [0, 0.1) is 0 Å². The molecule has 18 heavy (non-hydrogen) atoms. The highest BCUT2D eigenvalue weighted by Gasteiger charge is 2.20. The summed E-state index contributed by atoms with van der Waals surface area (Å²) in [5, 5.41) is 6.80. The van der Waals surface area contributed by atoms with Gasteiger partial charge in [-0.25, -0.2) is 0 Å². The third-order valence-corrected chi connectivity index (χ3v) is 3.33. The molecule has 0 aromatic heterocycles. The van der Waals surface area contributed by atoms with Gasteiger partial charge < -0.3 is 10.6 Å². The SMILES string of the molecule is C[C@H]1CNCCN1CC(=O)Nc1cccc(Cl)c1. The van der Waals surface area contributed by atoms with Crippen molar-refractivity contribution in [1.29, 1.82) is 0 Å². The zero-order valence-corrected chi connectivity index (χ0v) is 11.2. The summed E-state index contributed by atoms with van der Waals surface area (Å²) in [5.41, 5.74) is 0.746. The largest absolute Gasteiger partial charge is 0.325 e. The highest BCUT2D eigenvalue weighted by molar-refractivity contribution is 6.30. The van der Waals surface area contributed by atoms with E-state index in [-0.39, 0.29) is 5.91 Å². The van der Waals surface area contributed by atoms with Gasteiger partial charge in [-0.3, -0.25) is 9.69 Å². The lowest BCUT2D eigenvalue weighted by Gasteiger charge is -2.33. The van der Waals surface area contributed by atoms with E-state index in [9.17, 15) is 4.79 Å². The van der Waals surface area contributed by atoms with Gasteiger partial charge in [0.2, 0.25) is 5.91 Å². The van der Waals surface area contributed by atoms with Gasteiger partial charge in [-0.05, 0) is 25.1 Å². The maximum atomic E-state index is 11.9. The number of hydrogen-bond donors (Lipinski definition) is 2. The quantitative estimate of drug-likeness (QED) is 0.874. The fourth-order valence-electron chi connectivity index (χ4n) is 2.07. The van der Waals surface area contributed by atoms with Gasteiger partial charge in [0.25, 0.3) is 0 Å². The van der Waals surface area contributed by atoms with Crippen molar-refractivity contribution in [3.05, 3.63) is 29.3 Å². The minimum atomic E-state index is 0.00557. The summed E-state index contributed by atoms with van der Waals surface area (Å²) in [4.78, 5) is 14.1. The number of hydrogen-bond acceptors (Lipinski definition) is 3. The van der Waals surface area contributed by atoms with Crippen LogP contribution in [0.25, 0.3) is 0 Å². The summed E-state index contributed by atoms with van der Waals surface area (Å²) < 4.78 is 0. The molecular weight excluding hydrogens is 250 g/mol. The van der Waals surface area contributed by atoms with Crippen LogP contribution in [-0.4, -0.2) is 43.0 Å². The van der Waals surface area contributed by atoms with Crippen LogP contribution < -0.4 is 10.6 Å². The molecule has 1 aliphatic heterocycles. The Morgan fingerprint density at radius 2 is 2.44 bits per heavy atom. The number of anilines is 1. The van der Waals surface area contributed by atoms with Crippen molar-refractivity contribution in [3.8, 4) is 0 Å². The van der Waals surface area contributed by atoms with E-state index >= 15 is 0 Å². The van der Waals surface area contributed by atoms with Crippen molar-refractivity contribution in [1.82, 2.24) is 10.2 Å². The Morgan fingerprint density at radius 1 is 1.61 bits per heavy atom. The minimum Gasteiger partial charge on any atom is -0.325 e. The van der Waals surface area contributed by atoms with Gasteiger partial charge in [0.15, 0.2) is 0 Å². The lowest BCUT2D eigenvalue weighted by atomic mass is 10.2. The first kappa shape index (κ1) is 13.3. The summed E-state index contributed by atoms with van der Waals surface area (Å²) in [6.45, 7) is 5.33. The fourth-order valence-corrected chi connectivity index (χ4v) is 2.26. The van der Waals surface area contributed by atoms with Gasteiger partial charge in [0, 0.05) is 36.4 Å². The molecular formula is C13H18ClN3O. The third-order valence-electron chi connectivity index (χ3n) is 3.09. The molecule has 2 rings (SSSR count). The van der Waals surface area contributed by atoms with Crippen LogP contribution in [0.5, 0.6) is 0 Å². The van der Waals surface area contributed by atoms with Crippen molar-refractivity contribution in [2.24, 2.45) is 0 Å². The topological polar surface area (TPSA) is 44.4 Å². The van der Waals surface area contributed by atoms with Crippen LogP contribution in [0.15, 0.2) is 24.3 Å². The van der Waals surface area contributed by atoms with Crippen LogP contribution in [-0.2, 0) is 4.79 Å². The van der Waals surface area contributed by atoms with Crippen molar-refractivity contribution in [3.63, 3.8) is 0 Å². The van der Waals surface area contributed by atoms with Gasteiger partial charge in [0.1, 0.15) is 0 Å². The molecule has 4 nitrogen and oxygen atoms in total. The van der Waals surface area contributed by atoms with E-state index in [4.69, 9.17) is 11.6 Å². The number of nitrogens with one attached hydrogen (secondary N) is 2. The summed E-state index contributed by atoms with van der Waals surface area (Å²) in [5.74, 6) is 0.00557. The molecule has 0 spiro atoms. The predicted molar refractivity (Wildman–Crippen MR) is 74.0 cm³/mol. The smallest absolute Gasteiger partial charge is 0.238 e. The van der Waals surface area contributed by atoms with E-state index < -0.39 is 0 Å². The number of benzene rings is 1. The lowest BCUT2D eigenvalue weighted by molar-refractivity contribution is -0.118. The molecule has 1 aromatic rings. The van der Waals surface area contributed by atoms with Crippen LogP contribution in [0.2, 0.25) is 5.02 Å². The van der Waals surface area contributed by atoms with E-state index in [0.29, 0.717) is 17.6 Å². The average Bonchev–Trinajstić information content (AvgIpc) is 2.32. The normalized spacial score (nSPS) is 20.7. The molecule has 0 bridgehead atoms. The van der Waals surface area contributed by atoms with Crippen LogP contribution >= 0.6 is 11.6 Å². The Bertz CT molecular complexity index is 424. The Hall–Kier alpha value is -1.10. The Kier molecular flexibility index (Phi) is 4.58. The van der Waals surface area contributed by atoms with E-state index in [2.05, 4.69) is 22.5 Å². The molecule has 0 saturated carbocycles. The standard InChI is InChI=1S/C13H18ClN3O/c1-10-8-15-5-6-17(10)9-13(18)16-12-4-2-3-11(14)7-12/h2-4,7,10,15H,5-6,8-9H2,1H3,(H,16,18)/t10-/m0/s1. The molecule has 1 aliphatic rings. The van der Waals surface area contributed by atoms with Crippen molar-refractivity contribution < 1.29 is 4.79 Å². The number of halogens is 1. The lowest BCUT2D eigenvalue weighted by Crippen LogP contribution is -2.51. The summed E-state index contributed by atoms with van der Waals surface area (Å²) in [7, 11) is 0. The average molecular weight is 268 g/mol. The molecule has 0 unspecified atom stereocenters. The Labute approximate surface area is 112 Å². The highest BCUT2D eigenvalue weighted by Crippen LogP contribution is 2.15. The molecule has 0 aliphatic carbocycles. The number of amides is 1. The number of piperazine rings is 1. The number of rotatable bonds is 3. The van der Waals surface area contributed by atoms with E-state index in [1.807, 2.05) is 12.1 Å². The molecule has 2 N–H and O–H groups in total. The molecule has 0 radical (unpaired) electrons. The molecule has 98 valence electrons. The molecule has 1 heterocycles. The monoisotopic (exact) mass is 267 g/mol. The molecule has 1 atom stereocenters. The molecule has 1 aromatic carbocycles. The summed E-state index contributed by atoms with van der Waals surface area (Å²) in [6, 6.07) is 7.59. The first-order chi connectivity index (χ1) is 8.65. The molecule has 5 heteroatoms. The summed E-state index contributed by atoms with van der Waals surface area (Å²) >= 11 is 5.87. The highest BCUT2D eigenvalue weighted by atomic mass is 35.5. The maximum absolute atomic E-state index is 11.9. The van der Waals surface area contributed by atoms with Crippen LogP contribution in [0.4, 0.5) is 5.69 Å². The molecule has 1 fully saturated rings. The predicted octanol–water partition coefficient (Wildman–Crippen LogP) is 1.57. The van der Waals surface area contributed by atoms with Gasteiger partial charge in [-0.15, -0.1) is 0 Å². The van der Waals surface area contributed by atoms with E-state index in [0.717, 1.165) is 25.3 Å². The second-order valence-corrected chi connectivity index (χ2v) is 5.02. The van der Waals surface area contributed by atoms with Gasteiger partial charge in [0.05, 0.1) is 6.54 Å². The number of carbonyl (C=O) groups excluding carboxylic acids is 1. The zero-order chi connectivity index (χ0) is 13.0. The van der Waals surface area contributed by atoms with Gasteiger partial charge in [-0.1, -0.05) is 17.7 Å². The zero-order valence-electron chi connectivity index (χ0n) is 10.4. The maximum Gasteiger partial charge on any atom is 0.238 e. The van der Waals surface area contributed by atoms with Gasteiger partial charge >= 0.3 is 0 Å².